The third kappa shape index (κ3) is 4.12. The summed E-state index contributed by atoms with van der Waals surface area (Å²) < 4.78 is 0. The molecule has 0 aromatic carbocycles. The van der Waals surface area contributed by atoms with Crippen molar-refractivity contribution in [3.63, 3.8) is 0 Å². The minimum Gasteiger partial charge on any atom is -0.338 e. The molecule has 0 saturated heterocycles. The molecule has 0 aliphatic carbocycles. The maximum absolute atomic E-state index is 11.5. The number of aromatic nitrogens is 1. The third-order valence-corrected chi connectivity index (χ3v) is 4.18. The molecule has 2 rings (SSSR count). The standard InChI is InChI=1S/C12H15N3OS2/c1-9-14-7-11(18-9)8-15-12(16)13-5-4-10-3-2-6-17-10/h2-3,6-7H,4-5,8H2,1H3,(H2,13,15,16). The number of amides is 2. The van der Waals surface area contributed by atoms with Crippen LogP contribution in [0.4, 0.5) is 4.79 Å². The van der Waals surface area contributed by atoms with Crippen LogP contribution in [0.25, 0.3) is 0 Å². The van der Waals surface area contributed by atoms with Gasteiger partial charge in [0.1, 0.15) is 0 Å². The van der Waals surface area contributed by atoms with E-state index in [0.717, 1.165) is 16.3 Å². The van der Waals surface area contributed by atoms with Crippen LogP contribution in [0.15, 0.2) is 23.7 Å². The van der Waals surface area contributed by atoms with Crippen LogP contribution >= 0.6 is 22.7 Å². The van der Waals surface area contributed by atoms with Crippen LogP contribution in [0.3, 0.4) is 0 Å². The summed E-state index contributed by atoms with van der Waals surface area (Å²) in [7, 11) is 0. The molecule has 0 radical (unpaired) electrons. The second-order valence-electron chi connectivity index (χ2n) is 3.78. The molecule has 0 spiro atoms. The Labute approximate surface area is 114 Å². The summed E-state index contributed by atoms with van der Waals surface area (Å²) in [5, 5.41) is 8.72. The van der Waals surface area contributed by atoms with Gasteiger partial charge in [-0.3, -0.25) is 0 Å². The lowest BCUT2D eigenvalue weighted by Gasteiger charge is -2.05. The van der Waals surface area contributed by atoms with Crippen LogP contribution < -0.4 is 10.6 Å². The van der Waals surface area contributed by atoms with Crippen LogP contribution in [0, 0.1) is 6.92 Å². The van der Waals surface area contributed by atoms with Crippen LogP contribution in [0.5, 0.6) is 0 Å². The van der Waals surface area contributed by atoms with E-state index in [1.165, 1.54) is 4.88 Å². The van der Waals surface area contributed by atoms with Crippen molar-refractivity contribution in [2.75, 3.05) is 6.54 Å². The van der Waals surface area contributed by atoms with E-state index in [1.54, 1.807) is 28.9 Å². The zero-order chi connectivity index (χ0) is 12.8. The quantitative estimate of drug-likeness (QED) is 0.885. The Bertz CT molecular complexity index is 493. The molecule has 2 heterocycles. The number of thiazole rings is 1. The van der Waals surface area contributed by atoms with E-state index in [4.69, 9.17) is 0 Å². The molecule has 0 aliphatic heterocycles. The molecule has 96 valence electrons. The molecule has 2 amide bonds. The number of nitrogens with zero attached hydrogens (tertiary/aromatic N) is 1. The average Bonchev–Trinajstić information content (AvgIpc) is 2.98. The van der Waals surface area contributed by atoms with E-state index in [-0.39, 0.29) is 6.03 Å². The molecule has 0 bridgehead atoms. The monoisotopic (exact) mass is 281 g/mol. The van der Waals surface area contributed by atoms with Gasteiger partial charge < -0.3 is 10.6 Å². The maximum Gasteiger partial charge on any atom is 0.315 e. The summed E-state index contributed by atoms with van der Waals surface area (Å²) in [4.78, 5) is 18.0. The van der Waals surface area contributed by atoms with Crippen molar-refractivity contribution in [3.8, 4) is 0 Å². The fourth-order valence-electron chi connectivity index (χ4n) is 1.47. The number of rotatable bonds is 5. The number of hydrogen-bond donors (Lipinski definition) is 2. The number of carbonyl (C=O) groups is 1. The minimum absolute atomic E-state index is 0.127. The van der Waals surface area contributed by atoms with Gasteiger partial charge in [-0.05, 0) is 24.8 Å². The van der Waals surface area contributed by atoms with Crippen LogP contribution in [0.1, 0.15) is 14.8 Å². The van der Waals surface area contributed by atoms with E-state index in [1.807, 2.05) is 18.4 Å². The topological polar surface area (TPSA) is 54.0 Å². The Morgan fingerprint density at radius 2 is 2.28 bits per heavy atom. The van der Waals surface area contributed by atoms with Gasteiger partial charge in [-0.2, -0.15) is 0 Å². The summed E-state index contributed by atoms with van der Waals surface area (Å²) in [5.74, 6) is 0. The molecule has 4 nitrogen and oxygen atoms in total. The van der Waals surface area contributed by atoms with Crippen LogP contribution in [-0.4, -0.2) is 17.6 Å². The van der Waals surface area contributed by atoms with Crippen molar-refractivity contribution in [3.05, 3.63) is 38.5 Å². The third-order valence-electron chi connectivity index (χ3n) is 2.33. The Balaban J connectivity index is 1.63. The van der Waals surface area contributed by atoms with Crippen LogP contribution in [0.2, 0.25) is 0 Å². The molecule has 0 aliphatic rings. The van der Waals surface area contributed by atoms with E-state index >= 15 is 0 Å². The van der Waals surface area contributed by atoms with Crippen molar-refractivity contribution >= 4 is 28.7 Å². The molecule has 6 heteroatoms. The smallest absolute Gasteiger partial charge is 0.315 e. The van der Waals surface area contributed by atoms with Gasteiger partial charge in [0.15, 0.2) is 0 Å². The van der Waals surface area contributed by atoms with Crippen molar-refractivity contribution in [2.24, 2.45) is 0 Å². The van der Waals surface area contributed by atoms with Crippen molar-refractivity contribution < 1.29 is 4.79 Å². The molecule has 0 unspecified atom stereocenters. The summed E-state index contributed by atoms with van der Waals surface area (Å²) in [6.45, 7) is 3.15. The fraction of sp³-hybridized carbons (Fsp3) is 0.333. The van der Waals surface area contributed by atoms with Gasteiger partial charge in [-0.25, -0.2) is 9.78 Å². The van der Waals surface area contributed by atoms with Gasteiger partial charge in [0.25, 0.3) is 0 Å². The maximum atomic E-state index is 11.5. The Kier molecular flexibility index (Phi) is 4.72. The first-order valence-electron chi connectivity index (χ1n) is 5.69. The Hall–Kier alpha value is -1.40. The summed E-state index contributed by atoms with van der Waals surface area (Å²) in [6.07, 6.45) is 2.68. The van der Waals surface area contributed by atoms with E-state index < -0.39 is 0 Å². The second kappa shape index (κ2) is 6.51. The average molecular weight is 281 g/mol. The van der Waals surface area contributed by atoms with Gasteiger partial charge >= 0.3 is 6.03 Å². The molecular weight excluding hydrogens is 266 g/mol. The second-order valence-corrected chi connectivity index (χ2v) is 6.14. The number of thiophene rings is 1. The van der Waals surface area contributed by atoms with Gasteiger partial charge in [0.05, 0.1) is 11.6 Å². The Morgan fingerprint density at radius 3 is 2.94 bits per heavy atom. The summed E-state index contributed by atoms with van der Waals surface area (Å²) in [6, 6.07) is 3.97. The first kappa shape index (κ1) is 13.0. The number of aryl methyl sites for hydroxylation is 1. The Morgan fingerprint density at radius 1 is 1.39 bits per heavy atom. The highest BCUT2D eigenvalue weighted by Gasteiger charge is 2.02. The highest BCUT2D eigenvalue weighted by Crippen LogP contribution is 2.10. The normalized spacial score (nSPS) is 10.3. The van der Waals surface area contributed by atoms with E-state index in [0.29, 0.717) is 13.1 Å². The van der Waals surface area contributed by atoms with Crippen molar-refractivity contribution in [2.45, 2.75) is 19.9 Å². The van der Waals surface area contributed by atoms with E-state index in [9.17, 15) is 4.79 Å². The zero-order valence-electron chi connectivity index (χ0n) is 10.1. The van der Waals surface area contributed by atoms with Gasteiger partial charge in [0, 0.05) is 22.5 Å². The highest BCUT2D eigenvalue weighted by molar-refractivity contribution is 7.11. The summed E-state index contributed by atoms with van der Waals surface area (Å²) >= 11 is 3.31. The van der Waals surface area contributed by atoms with Crippen molar-refractivity contribution in [1.82, 2.24) is 15.6 Å². The van der Waals surface area contributed by atoms with Gasteiger partial charge in [-0.1, -0.05) is 6.07 Å². The lowest BCUT2D eigenvalue weighted by Crippen LogP contribution is -2.35. The largest absolute Gasteiger partial charge is 0.338 e. The summed E-state index contributed by atoms with van der Waals surface area (Å²) in [5.41, 5.74) is 0. The van der Waals surface area contributed by atoms with E-state index in [2.05, 4.69) is 21.7 Å². The number of urea groups is 1. The van der Waals surface area contributed by atoms with Gasteiger partial charge in [0.2, 0.25) is 0 Å². The minimum atomic E-state index is -0.127. The van der Waals surface area contributed by atoms with Crippen molar-refractivity contribution in [1.29, 1.82) is 0 Å². The molecule has 18 heavy (non-hydrogen) atoms. The molecule has 2 N–H and O–H groups in total. The molecular formula is C12H15N3OS2. The first-order chi connectivity index (χ1) is 8.74. The number of carbonyl (C=O) groups excluding carboxylic acids is 1. The molecule has 0 saturated carbocycles. The SMILES string of the molecule is Cc1ncc(CNC(=O)NCCc2cccs2)s1. The number of hydrogen-bond acceptors (Lipinski definition) is 4. The lowest BCUT2D eigenvalue weighted by molar-refractivity contribution is 0.241. The molecule has 0 fully saturated rings. The van der Waals surface area contributed by atoms with Crippen LogP contribution in [-0.2, 0) is 13.0 Å². The molecule has 2 aromatic rings. The zero-order valence-corrected chi connectivity index (χ0v) is 11.7. The molecule has 0 atom stereocenters. The molecule has 2 aromatic heterocycles. The number of nitrogens with one attached hydrogen (secondary N) is 2. The highest BCUT2D eigenvalue weighted by atomic mass is 32.1. The predicted molar refractivity (Wildman–Crippen MR) is 75.1 cm³/mol. The first-order valence-corrected chi connectivity index (χ1v) is 7.39. The van der Waals surface area contributed by atoms with Gasteiger partial charge in [-0.15, -0.1) is 22.7 Å². The fourth-order valence-corrected chi connectivity index (χ4v) is 2.91. The predicted octanol–water partition coefficient (Wildman–Crippen LogP) is 2.55. The lowest BCUT2D eigenvalue weighted by atomic mass is 10.3.